The number of thiocarbonyl (C=S) groups is 1. The number of benzene rings is 3. The molecule has 0 unspecified atom stereocenters. The average Bonchev–Trinajstić information content (AvgIpc) is 2.65. The van der Waals surface area contributed by atoms with Gasteiger partial charge in [0, 0.05) is 29.2 Å². The maximum absolute atomic E-state index is 11.7. The highest BCUT2D eigenvalue weighted by molar-refractivity contribution is 7.80. The molecule has 1 aliphatic rings. The number of carboxylic acids is 1. The number of nitrogens with two attached hydrogens (primary N) is 2. The number of hydrogen-bond donors (Lipinski definition) is 5. The van der Waals surface area contributed by atoms with E-state index in [1.807, 2.05) is 0 Å². The third-order valence-corrected chi connectivity index (χ3v) is 4.34. The molecule has 0 saturated heterocycles. The van der Waals surface area contributed by atoms with Crippen LogP contribution in [-0.2, 0) is 0 Å². The number of hydrogen-bond acceptors (Lipinski definition) is 5. The molecule has 0 atom stereocenters. The number of ether oxygens (including phenoxy) is 1. The summed E-state index contributed by atoms with van der Waals surface area (Å²) in [4.78, 5) is 11.7. The Hall–Kier alpha value is -3.78. The molecule has 0 amide bonds. The molecule has 8 heteroatoms. The maximum Gasteiger partial charge on any atom is 0.335 e. The molecule has 148 valence electrons. The van der Waals surface area contributed by atoms with E-state index in [0.29, 0.717) is 17.1 Å². The van der Waals surface area contributed by atoms with Crippen molar-refractivity contribution in [1.82, 2.24) is 0 Å². The van der Waals surface area contributed by atoms with Crippen molar-refractivity contribution in [2.75, 3.05) is 0 Å². The van der Waals surface area contributed by atoms with Crippen LogP contribution in [0.1, 0.15) is 33.0 Å². The van der Waals surface area contributed by atoms with Crippen molar-refractivity contribution in [3.63, 3.8) is 0 Å². The molecule has 3 aromatic carbocycles. The summed E-state index contributed by atoms with van der Waals surface area (Å²) in [5.41, 5.74) is 11.6. The number of aromatic hydroxyl groups is 2. The quantitative estimate of drug-likeness (QED) is 0.317. The van der Waals surface area contributed by atoms with Crippen molar-refractivity contribution < 1.29 is 24.9 Å². The van der Waals surface area contributed by atoms with Gasteiger partial charge in [0.15, 0.2) is 5.11 Å². The molecule has 0 radical (unpaired) electrons. The number of carbonyl (C=O) groups is 1. The Bertz CT molecular complexity index is 1040. The average molecular weight is 410 g/mol. The number of phenolic OH excluding ortho intramolecular Hbond substituents is 2. The Morgan fingerprint density at radius 2 is 1.34 bits per heavy atom. The van der Waals surface area contributed by atoms with E-state index in [1.54, 1.807) is 48.5 Å². The first-order valence-electron chi connectivity index (χ1n) is 8.48. The summed E-state index contributed by atoms with van der Waals surface area (Å²) in [7, 11) is 0. The number of carboxylic acid groups (broad SMARTS) is 1. The summed E-state index contributed by atoms with van der Waals surface area (Å²) in [6.45, 7) is 0. The molecule has 3 aromatic rings. The minimum absolute atomic E-state index is 0.000000000000000222. The summed E-state index contributed by atoms with van der Waals surface area (Å²) in [6, 6.07) is 16.3. The summed E-state index contributed by atoms with van der Waals surface area (Å²) in [5, 5.41) is 29.1. The first kappa shape index (κ1) is 20.0. The van der Waals surface area contributed by atoms with Gasteiger partial charge in [-0.3, -0.25) is 0 Å². The van der Waals surface area contributed by atoms with E-state index in [2.05, 4.69) is 23.7 Å². The lowest BCUT2D eigenvalue weighted by Crippen LogP contribution is -2.18. The van der Waals surface area contributed by atoms with Gasteiger partial charge in [-0.25, -0.2) is 4.79 Å². The lowest BCUT2D eigenvalue weighted by Gasteiger charge is -2.29. The zero-order chi connectivity index (χ0) is 21.1. The number of fused-ring (bicyclic) bond motifs is 2. The molecule has 0 saturated carbocycles. The largest absolute Gasteiger partial charge is 0.508 e. The molecule has 7 N–H and O–H groups in total. The third-order valence-electron chi connectivity index (χ3n) is 4.34. The summed E-state index contributed by atoms with van der Waals surface area (Å²) < 4.78 is 5.82. The second-order valence-corrected chi connectivity index (χ2v) is 6.75. The zero-order valence-electron chi connectivity index (χ0n) is 15.1. The molecule has 29 heavy (non-hydrogen) atoms. The zero-order valence-corrected chi connectivity index (χ0v) is 15.9. The van der Waals surface area contributed by atoms with Crippen molar-refractivity contribution in [3.05, 3.63) is 82.9 Å². The highest BCUT2D eigenvalue weighted by Gasteiger charge is 2.31. The van der Waals surface area contributed by atoms with E-state index in [1.165, 1.54) is 12.1 Å². The van der Waals surface area contributed by atoms with E-state index in [-0.39, 0.29) is 28.1 Å². The monoisotopic (exact) mass is 410 g/mol. The van der Waals surface area contributed by atoms with Gasteiger partial charge in [-0.1, -0.05) is 30.3 Å². The molecule has 0 aliphatic carbocycles. The predicted molar refractivity (Wildman–Crippen MR) is 112 cm³/mol. The van der Waals surface area contributed by atoms with Crippen LogP contribution in [0.15, 0.2) is 60.7 Å². The molecule has 1 heterocycles. The van der Waals surface area contributed by atoms with Gasteiger partial charge in [0.25, 0.3) is 0 Å². The summed E-state index contributed by atoms with van der Waals surface area (Å²) >= 11 is 4.09. The number of rotatable bonds is 2. The van der Waals surface area contributed by atoms with Crippen LogP contribution in [0.2, 0.25) is 0 Å². The minimum atomic E-state index is -1.01. The van der Waals surface area contributed by atoms with Crippen LogP contribution in [0.3, 0.4) is 0 Å². The van der Waals surface area contributed by atoms with Crippen LogP contribution in [0.5, 0.6) is 23.0 Å². The molecule has 0 fully saturated rings. The van der Waals surface area contributed by atoms with Crippen molar-refractivity contribution in [1.29, 1.82) is 0 Å². The van der Waals surface area contributed by atoms with Gasteiger partial charge in [-0.15, -0.1) is 0 Å². The topological polar surface area (TPSA) is 139 Å². The first-order chi connectivity index (χ1) is 13.8. The fraction of sp³-hybridized carbons (Fsp3) is 0.0476. The van der Waals surface area contributed by atoms with Crippen molar-refractivity contribution in [3.8, 4) is 23.0 Å². The normalized spacial score (nSPS) is 11.9. The van der Waals surface area contributed by atoms with Crippen LogP contribution in [0, 0.1) is 0 Å². The van der Waals surface area contributed by atoms with Crippen LogP contribution in [0.4, 0.5) is 0 Å². The fourth-order valence-corrected chi connectivity index (χ4v) is 3.26. The standard InChI is InChI=1S/C20H14O5.CH4N2S/c21-11-5-7-15-17(9-11)25-18-10-12(22)6-8-16(18)19(15)13-3-1-2-4-14(13)20(23)24;2-1(3)4/h1-10,19,21-22H,(H,23,24);(H4,2,3,4). The van der Waals surface area contributed by atoms with Crippen molar-refractivity contribution >= 4 is 23.3 Å². The van der Waals surface area contributed by atoms with Gasteiger partial charge < -0.3 is 31.5 Å². The second-order valence-electron chi connectivity index (χ2n) is 6.27. The van der Waals surface area contributed by atoms with E-state index in [0.717, 1.165) is 11.1 Å². The molecule has 7 nitrogen and oxygen atoms in total. The van der Waals surface area contributed by atoms with E-state index < -0.39 is 5.97 Å². The maximum atomic E-state index is 11.7. The summed E-state index contributed by atoms with van der Waals surface area (Å²) in [6.07, 6.45) is 0. The van der Waals surface area contributed by atoms with Crippen LogP contribution in [0.25, 0.3) is 0 Å². The second kappa shape index (κ2) is 8.07. The molecule has 4 rings (SSSR count). The predicted octanol–water partition coefficient (Wildman–Crippen LogP) is 3.27. The molecule has 0 spiro atoms. The van der Waals surface area contributed by atoms with Gasteiger partial charge >= 0.3 is 5.97 Å². The minimum Gasteiger partial charge on any atom is -0.508 e. The first-order valence-corrected chi connectivity index (χ1v) is 8.89. The molecular weight excluding hydrogens is 392 g/mol. The van der Waals surface area contributed by atoms with Crippen LogP contribution < -0.4 is 16.2 Å². The molecular formula is C21H18N2O5S. The lowest BCUT2D eigenvalue weighted by molar-refractivity contribution is 0.0695. The molecule has 1 aliphatic heterocycles. The number of aromatic carboxylic acids is 1. The molecule has 0 bridgehead atoms. The van der Waals surface area contributed by atoms with Crippen LogP contribution >= 0.6 is 12.2 Å². The number of phenols is 2. The van der Waals surface area contributed by atoms with Gasteiger partial charge in [0.2, 0.25) is 0 Å². The smallest absolute Gasteiger partial charge is 0.335 e. The summed E-state index contributed by atoms with van der Waals surface area (Å²) in [5.74, 6) is -0.429. The molecule has 0 aromatic heterocycles. The van der Waals surface area contributed by atoms with Crippen molar-refractivity contribution in [2.24, 2.45) is 11.5 Å². The van der Waals surface area contributed by atoms with E-state index in [4.69, 9.17) is 4.74 Å². The highest BCUT2D eigenvalue weighted by atomic mass is 32.1. The lowest BCUT2D eigenvalue weighted by atomic mass is 9.80. The Morgan fingerprint density at radius 3 is 1.83 bits per heavy atom. The van der Waals surface area contributed by atoms with Gasteiger partial charge in [-0.05, 0) is 36.0 Å². The SMILES string of the molecule is NC(N)=S.O=C(O)c1ccccc1C1c2ccc(O)cc2Oc2cc(O)ccc21. The van der Waals surface area contributed by atoms with Gasteiger partial charge in [-0.2, -0.15) is 0 Å². The Kier molecular flexibility index (Phi) is 5.56. The Morgan fingerprint density at radius 1 is 0.862 bits per heavy atom. The highest BCUT2D eigenvalue weighted by Crippen LogP contribution is 2.49. The third kappa shape index (κ3) is 4.22. The van der Waals surface area contributed by atoms with Crippen LogP contribution in [-0.4, -0.2) is 26.4 Å². The Labute approximate surface area is 171 Å². The van der Waals surface area contributed by atoms with Crippen molar-refractivity contribution in [2.45, 2.75) is 5.92 Å². The fourth-order valence-electron chi connectivity index (χ4n) is 3.26. The van der Waals surface area contributed by atoms with Gasteiger partial charge in [0.05, 0.1) is 5.56 Å². The van der Waals surface area contributed by atoms with E-state index in [9.17, 15) is 20.1 Å². The van der Waals surface area contributed by atoms with Gasteiger partial charge in [0.1, 0.15) is 23.0 Å². The Balaban J connectivity index is 0.000000552. The van der Waals surface area contributed by atoms with E-state index >= 15 is 0 Å².